The van der Waals surface area contributed by atoms with Crippen molar-refractivity contribution < 1.29 is 19.1 Å². The van der Waals surface area contributed by atoms with Crippen LogP contribution in [0.1, 0.15) is 38.8 Å². The van der Waals surface area contributed by atoms with Gasteiger partial charge in [0, 0.05) is 28.7 Å². The molecule has 32 heavy (non-hydrogen) atoms. The third-order valence-corrected chi connectivity index (χ3v) is 7.05. The molecule has 0 saturated carbocycles. The van der Waals surface area contributed by atoms with Crippen molar-refractivity contribution in [3.05, 3.63) is 64.2 Å². The third-order valence-electron chi connectivity index (χ3n) is 6.00. The smallest absolute Gasteiger partial charge is 0.257 e. The number of aromatic nitrogens is 1. The Morgan fingerprint density at radius 3 is 2.59 bits per heavy atom. The summed E-state index contributed by atoms with van der Waals surface area (Å²) in [4.78, 5) is 33.7. The highest BCUT2D eigenvalue weighted by molar-refractivity contribution is 7.16. The highest BCUT2D eigenvalue weighted by atomic mass is 32.1. The average Bonchev–Trinajstić information content (AvgIpc) is 3.52. The van der Waals surface area contributed by atoms with Gasteiger partial charge >= 0.3 is 0 Å². The molecule has 0 saturated heterocycles. The average molecular weight is 450 g/mol. The van der Waals surface area contributed by atoms with Gasteiger partial charge in [-0.15, -0.1) is 11.3 Å². The molecule has 0 bridgehead atoms. The number of fused-ring (bicyclic) bond motifs is 2. The number of amides is 2. The Morgan fingerprint density at radius 2 is 1.84 bits per heavy atom. The van der Waals surface area contributed by atoms with Crippen LogP contribution < -0.4 is 19.7 Å². The number of nitrogens with one attached hydrogen (secondary N) is 1. The van der Waals surface area contributed by atoms with Crippen molar-refractivity contribution in [2.45, 2.75) is 25.2 Å². The van der Waals surface area contributed by atoms with E-state index in [9.17, 15) is 9.59 Å². The van der Waals surface area contributed by atoms with E-state index in [-0.39, 0.29) is 17.7 Å². The van der Waals surface area contributed by atoms with Gasteiger partial charge in [-0.05, 0) is 43.0 Å². The molecule has 2 aromatic carbocycles. The van der Waals surface area contributed by atoms with Crippen LogP contribution in [0.5, 0.6) is 11.5 Å². The normalized spacial score (nSPS) is 16.4. The van der Waals surface area contributed by atoms with Gasteiger partial charge in [0.1, 0.15) is 11.5 Å². The van der Waals surface area contributed by atoms with Crippen molar-refractivity contribution >= 4 is 34.0 Å². The van der Waals surface area contributed by atoms with Crippen LogP contribution in [0.4, 0.5) is 10.8 Å². The summed E-state index contributed by atoms with van der Waals surface area (Å²) in [7, 11) is 3.08. The number of aryl methyl sites for hydroxylation is 1. The highest BCUT2D eigenvalue weighted by Gasteiger charge is 2.37. The molecule has 0 spiro atoms. The standard InChI is InChI=1S/C24H23N3O4S/c1-30-16-11-15(12-17(13-16)31-2)22(28)26-24-25-21-18(7-8-20(21)32-24)23(29)27-10-9-14-5-3-4-6-19(14)27/h3-6,11-13,18H,7-10H2,1-2H3,(H,25,26,28). The molecule has 8 heteroatoms. The van der Waals surface area contributed by atoms with E-state index in [1.54, 1.807) is 18.2 Å². The molecule has 7 nitrogen and oxygen atoms in total. The summed E-state index contributed by atoms with van der Waals surface area (Å²) in [6, 6.07) is 13.1. The van der Waals surface area contributed by atoms with Crippen molar-refractivity contribution in [2.75, 3.05) is 31.0 Å². The number of hydrogen-bond acceptors (Lipinski definition) is 6. The van der Waals surface area contributed by atoms with E-state index in [1.165, 1.54) is 31.1 Å². The summed E-state index contributed by atoms with van der Waals surface area (Å²) < 4.78 is 10.5. The van der Waals surface area contributed by atoms with Crippen LogP contribution in [0, 0.1) is 0 Å². The molecule has 3 aromatic rings. The first-order valence-corrected chi connectivity index (χ1v) is 11.3. The minimum absolute atomic E-state index is 0.0920. The number of nitrogens with zero attached hydrogens (tertiary/aromatic N) is 2. The number of hydrogen-bond donors (Lipinski definition) is 1. The molecule has 1 atom stereocenters. The van der Waals surface area contributed by atoms with Crippen LogP contribution in [-0.4, -0.2) is 37.6 Å². The van der Waals surface area contributed by atoms with Crippen LogP contribution in [0.2, 0.25) is 0 Å². The van der Waals surface area contributed by atoms with Gasteiger partial charge in [0.15, 0.2) is 5.13 Å². The second kappa shape index (κ2) is 8.27. The van der Waals surface area contributed by atoms with E-state index >= 15 is 0 Å². The second-order valence-corrected chi connectivity index (χ2v) is 8.93. The van der Waals surface area contributed by atoms with Gasteiger partial charge in [-0.3, -0.25) is 14.9 Å². The lowest BCUT2D eigenvalue weighted by Gasteiger charge is -2.21. The molecule has 1 unspecified atom stereocenters. The summed E-state index contributed by atoms with van der Waals surface area (Å²) in [6.07, 6.45) is 2.43. The second-order valence-electron chi connectivity index (χ2n) is 7.84. The number of thiazole rings is 1. The fourth-order valence-corrected chi connectivity index (χ4v) is 5.42. The number of ether oxygens (including phenoxy) is 2. The highest BCUT2D eigenvalue weighted by Crippen LogP contribution is 2.41. The quantitative estimate of drug-likeness (QED) is 0.636. The van der Waals surface area contributed by atoms with Crippen molar-refractivity contribution in [2.24, 2.45) is 0 Å². The molecular weight excluding hydrogens is 426 g/mol. The van der Waals surface area contributed by atoms with Gasteiger partial charge in [0.05, 0.1) is 25.8 Å². The number of carbonyl (C=O) groups is 2. The van der Waals surface area contributed by atoms with E-state index in [4.69, 9.17) is 9.47 Å². The zero-order valence-corrected chi connectivity index (χ0v) is 18.7. The molecule has 1 aliphatic carbocycles. The molecule has 2 aliphatic rings. The van der Waals surface area contributed by atoms with E-state index in [2.05, 4.69) is 16.4 Å². The maximum Gasteiger partial charge on any atom is 0.257 e. The maximum absolute atomic E-state index is 13.3. The predicted octanol–water partition coefficient (Wildman–Crippen LogP) is 4.03. The number of anilines is 2. The topological polar surface area (TPSA) is 80.8 Å². The summed E-state index contributed by atoms with van der Waals surface area (Å²) in [5.41, 5.74) is 3.42. The monoisotopic (exact) mass is 449 g/mol. The van der Waals surface area contributed by atoms with Crippen molar-refractivity contribution in [3.8, 4) is 11.5 Å². The van der Waals surface area contributed by atoms with Gasteiger partial charge in [0.25, 0.3) is 5.91 Å². The van der Waals surface area contributed by atoms with Gasteiger partial charge < -0.3 is 14.4 Å². The van der Waals surface area contributed by atoms with Crippen LogP contribution in [0.25, 0.3) is 0 Å². The molecule has 164 valence electrons. The molecule has 1 aliphatic heterocycles. The minimum Gasteiger partial charge on any atom is -0.497 e. The Balaban J connectivity index is 1.34. The molecule has 1 N–H and O–H groups in total. The predicted molar refractivity (Wildman–Crippen MR) is 123 cm³/mol. The number of methoxy groups -OCH3 is 2. The van der Waals surface area contributed by atoms with Crippen LogP contribution in [0.3, 0.4) is 0 Å². The fourth-order valence-electron chi connectivity index (χ4n) is 4.38. The summed E-state index contributed by atoms with van der Waals surface area (Å²) in [6.45, 7) is 0.704. The van der Waals surface area contributed by atoms with E-state index in [1.807, 2.05) is 23.1 Å². The Labute approximate surface area is 190 Å². The molecule has 2 amide bonds. The summed E-state index contributed by atoms with van der Waals surface area (Å²) in [5.74, 6) is 0.593. The van der Waals surface area contributed by atoms with E-state index < -0.39 is 0 Å². The number of benzene rings is 2. The van der Waals surface area contributed by atoms with Crippen molar-refractivity contribution in [1.29, 1.82) is 0 Å². The Hall–Kier alpha value is -3.39. The van der Waals surface area contributed by atoms with Crippen LogP contribution in [-0.2, 0) is 17.6 Å². The first kappa shape index (κ1) is 20.5. The molecule has 1 aromatic heterocycles. The first-order valence-electron chi connectivity index (χ1n) is 10.5. The van der Waals surface area contributed by atoms with Gasteiger partial charge in [0.2, 0.25) is 5.91 Å². The van der Waals surface area contributed by atoms with Gasteiger partial charge in [-0.25, -0.2) is 4.98 Å². The molecule has 2 heterocycles. The fraction of sp³-hybridized carbons (Fsp3) is 0.292. The van der Waals surface area contributed by atoms with Crippen molar-refractivity contribution in [1.82, 2.24) is 4.98 Å². The third kappa shape index (κ3) is 3.60. The molecule has 0 fully saturated rings. The number of carbonyl (C=O) groups excluding carboxylic acids is 2. The largest absolute Gasteiger partial charge is 0.497 e. The Morgan fingerprint density at radius 1 is 1.09 bits per heavy atom. The van der Waals surface area contributed by atoms with Gasteiger partial charge in [-0.2, -0.15) is 0 Å². The van der Waals surface area contributed by atoms with Gasteiger partial charge in [-0.1, -0.05) is 18.2 Å². The molecule has 5 rings (SSSR count). The van der Waals surface area contributed by atoms with Crippen molar-refractivity contribution in [3.63, 3.8) is 0 Å². The minimum atomic E-state index is -0.300. The summed E-state index contributed by atoms with van der Waals surface area (Å²) in [5, 5.41) is 3.37. The lowest BCUT2D eigenvalue weighted by molar-refractivity contribution is -0.120. The lowest BCUT2D eigenvalue weighted by Crippen LogP contribution is -2.33. The van der Waals surface area contributed by atoms with E-state index in [0.717, 1.165) is 35.5 Å². The molecular formula is C24H23N3O4S. The lowest BCUT2D eigenvalue weighted by atomic mass is 10.1. The maximum atomic E-state index is 13.3. The van der Waals surface area contributed by atoms with Crippen LogP contribution in [0.15, 0.2) is 42.5 Å². The Kier molecular flexibility index (Phi) is 5.30. The molecule has 0 radical (unpaired) electrons. The summed E-state index contributed by atoms with van der Waals surface area (Å²) >= 11 is 1.44. The van der Waals surface area contributed by atoms with E-state index in [0.29, 0.717) is 28.7 Å². The Bertz CT molecular complexity index is 1180. The number of rotatable bonds is 5. The number of para-hydroxylation sites is 1. The SMILES string of the molecule is COc1cc(OC)cc(C(=O)Nc2nc3c(s2)CCC3C(=O)N2CCc3ccccc32)c1. The zero-order chi connectivity index (χ0) is 22.2. The first-order chi connectivity index (χ1) is 15.6. The van der Waals surface area contributed by atoms with Crippen LogP contribution >= 0.6 is 11.3 Å². The zero-order valence-electron chi connectivity index (χ0n) is 17.9.